The van der Waals surface area contributed by atoms with E-state index in [-0.39, 0.29) is 5.54 Å². The lowest BCUT2D eigenvalue weighted by molar-refractivity contribution is 0.381. The van der Waals surface area contributed by atoms with E-state index in [1.165, 1.54) is 5.56 Å². The Balaban J connectivity index is 2.39. The van der Waals surface area contributed by atoms with Crippen molar-refractivity contribution in [2.24, 2.45) is 5.92 Å². The van der Waals surface area contributed by atoms with E-state index in [1.54, 1.807) is 0 Å². The Labute approximate surface area is 108 Å². The molecule has 2 heteroatoms. The minimum absolute atomic E-state index is 0.216. The first-order valence-electron chi connectivity index (χ1n) is 5.86. The fourth-order valence-electron chi connectivity index (χ4n) is 1.58. The minimum atomic E-state index is 0.216. The molecule has 0 radical (unpaired) electrons. The van der Waals surface area contributed by atoms with E-state index in [0.29, 0.717) is 5.92 Å². The first-order chi connectivity index (χ1) is 7.37. The van der Waals surface area contributed by atoms with Gasteiger partial charge in [0.1, 0.15) is 0 Å². The quantitative estimate of drug-likeness (QED) is 0.880. The third kappa shape index (κ3) is 5.66. The molecule has 0 aromatic heterocycles. The summed E-state index contributed by atoms with van der Waals surface area (Å²) in [6.45, 7) is 9.98. The Bertz CT molecular complexity index is 311. The summed E-state index contributed by atoms with van der Waals surface area (Å²) in [7, 11) is 0. The molecule has 1 nitrogen and oxygen atoms in total. The van der Waals surface area contributed by atoms with Gasteiger partial charge in [-0.2, -0.15) is 0 Å². The van der Waals surface area contributed by atoms with Crippen LogP contribution in [-0.2, 0) is 6.42 Å². The fraction of sp³-hybridized carbons (Fsp3) is 0.571. The van der Waals surface area contributed by atoms with Crippen molar-refractivity contribution in [1.29, 1.82) is 0 Å². The summed E-state index contributed by atoms with van der Waals surface area (Å²) < 4.78 is 1.15. The molecule has 0 spiro atoms. The highest BCUT2D eigenvalue weighted by Gasteiger charge is 2.11. The summed E-state index contributed by atoms with van der Waals surface area (Å²) in [5, 5.41) is 3.54. The number of rotatable bonds is 4. The van der Waals surface area contributed by atoms with Gasteiger partial charge in [-0.05, 0) is 57.4 Å². The number of halogens is 1. The van der Waals surface area contributed by atoms with Crippen molar-refractivity contribution in [3.05, 3.63) is 34.3 Å². The molecule has 1 aromatic rings. The van der Waals surface area contributed by atoms with Gasteiger partial charge < -0.3 is 5.32 Å². The maximum absolute atomic E-state index is 3.54. The molecule has 1 atom stereocenters. The lowest BCUT2D eigenvalue weighted by Gasteiger charge is -2.23. The average Bonchev–Trinajstić information content (AvgIpc) is 2.18. The highest BCUT2D eigenvalue weighted by atomic mass is 79.9. The molecule has 1 aromatic carbocycles. The van der Waals surface area contributed by atoms with Gasteiger partial charge in [-0.15, -0.1) is 0 Å². The zero-order chi connectivity index (χ0) is 12.2. The van der Waals surface area contributed by atoms with E-state index >= 15 is 0 Å². The zero-order valence-corrected chi connectivity index (χ0v) is 12.3. The van der Waals surface area contributed by atoms with Gasteiger partial charge in [0.2, 0.25) is 0 Å². The highest BCUT2D eigenvalue weighted by molar-refractivity contribution is 9.10. The van der Waals surface area contributed by atoms with E-state index in [4.69, 9.17) is 0 Å². The van der Waals surface area contributed by atoms with Gasteiger partial charge in [-0.25, -0.2) is 0 Å². The first kappa shape index (κ1) is 13.7. The number of hydrogen-bond donors (Lipinski definition) is 1. The summed E-state index contributed by atoms with van der Waals surface area (Å²) in [6.07, 6.45) is 1.14. The lowest BCUT2D eigenvalue weighted by atomic mass is 9.99. The van der Waals surface area contributed by atoms with Gasteiger partial charge in [-0.3, -0.25) is 0 Å². The van der Waals surface area contributed by atoms with Crippen LogP contribution in [0.1, 0.15) is 33.3 Å². The Hall–Kier alpha value is -0.340. The fourth-order valence-corrected chi connectivity index (χ4v) is 1.84. The number of nitrogens with one attached hydrogen (secondary N) is 1. The molecule has 0 aliphatic rings. The van der Waals surface area contributed by atoms with E-state index in [0.717, 1.165) is 17.4 Å². The molecular weight excluding hydrogens is 262 g/mol. The zero-order valence-electron chi connectivity index (χ0n) is 10.7. The monoisotopic (exact) mass is 283 g/mol. The van der Waals surface area contributed by atoms with Gasteiger partial charge in [0, 0.05) is 10.0 Å². The van der Waals surface area contributed by atoms with Gasteiger partial charge >= 0.3 is 0 Å². The van der Waals surface area contributed by atoms with Crippen LogP contribution in [0.2, 0.25) is 0 Å². The van der Waals surface area contributed by atoms with E-state index in [9.17, 15) is 0 Å². The molecule has 0 fully saturated rings. The van der Waals surface area contributed by atoms with Crippen molar-refractivity contribution in [3.63, 3.8) is 0 Å². The Morgan fingerprint density at radius 3 is 2.25 bits per heavy atom. The molecule has 16 heavy (non-hydrogen) atoms. The molecule has 1 unspecified atom stereocenters. The standard InChI is InChI=1S/C14H22BrN/c1-11(10-16-14(2,3)4)9-12-5-7-13(15)8-6-12/h5-8,11,16H,9-10H2,1-4H3. The van der Waals surface area contributed by atoms with Crippen LogP contribution in [0.15, 0.2) is 28.7 Å². The van der Waals surface area contributed by atoms with Crippen molar-refractivity contribution in [1.82, 2.24) is 5.32 Å². The van der Waals surface area contributed by atoms with E-state index in [1.807, 2.05) is 0 Å². The van der Waals surface area contributed by atoms with Crippen LogP contribution in [0, 0.1) is 5.92 Å². The molecular formula is C14H22BrN. The molecule has 0 heterocycles. The smallest absolute Gasteiger partial charge is 0.0175 e. The van der Waals surface area contributed by atoms with Gasteiger partial charge in [-0.1, -0.05) is 35.0 Å². The van der Waals surface area contributed by atoms with Crippen LogP contribution in [0.4, 0.5) is 0 Å². The first-order valence-corrected chi connectivity index (χ1v) is 6.65. The Kier molecular flexibility index (Phi) is 5.00. The van der Waals surface area contributed by atoms with Crippen molar-refractivity contribution in [2.75, 3.05) is 6.54 Å². The molecule has 90 valence electrons. The van der Waals surface area contributed by atoms with Gasteiger partial charge in [0.05, 0.1) is 0 Å². The minimum Gasteiger partial charge on any atom is -0.312 e. The predicted octanol–water partition coefficient (Wildman–Crippen LogP) is 4.02. The number of benzene rings is 1. The lowest BCUT2D eigenvalue weighted by Crippen LogP contribution is -2.38. The van der Waals surface area contributed by atoms with Gasteiger partial charge in [0.15, 0.2) is 0 Å². The van der Waals surface area contributed by atoms with Crippen LogP contribution >= 0.6 is 15.9 Å². The van der Waals surface area contributed by atoms with Crippen LogP contribution in [0.3, 0.4) is 0 Å². The summed E-state index contributed by atoms with van der Waals surface area (Å²) in [4.78, 5) is 0. The molecule has 0 amide bonds. The van der Waals surface area contributed by atoms with Crippen molar-refractivity contribution in [2.45, 2.75) is 39.7 Å². The van der Waals surface area contributed by atoms with Crippen molar-refractivity contribution < 1.29 is 0 Å². The molecule has 0 saturated carbocycles. The summed E-state index contributed by atoms with van der Waals surface area (Å²) in [6, 6.07) is 8.60. The maximum Gasteiger partial charge on any atom is 0.0175 e. The summed E-state index contributed by atoms with van der Waals surface area (Å²) in [5.41, 5.74) is 1.62. The topological polar surface area (TPSA) is 12.0 Å². The van der Waals surface area contributed by atoms with E-state index < -0.39 is 0 Å². The van der Waals surface area contributed by atoms with Crippen LogP contribution in [0.25, 0.3) is 0 Å². The second kappa shape index (κ2) is 5.83. The van der Waals surface area contributed by atoms with Crippen LogP contribution in [0.5, 0.6) is 0 Å². The molecule has 0 aliphatic heterocycles. The molecule has 0 aliphatic carbocycles. The number of hydrogen-bond acceptors (Lipinski definition) is 1. The SMILES string of the molecule is CC(CNC(C)(C)C)Cc1ccc(Br)cc1. The second-order valence-corrected chi connectivity index (χ2v) is 6.48. The maximum atomic E-state index is 3.54. The van der Waals surface area contributed by atoms with Crippen molar-refractivity contribution >= 4 is 15.9 Å². The largest absolute Gasteiger partial charge is 0.312 e. The second-order valence-electron chi connectivity index (χ2n) is 5.57. The Morgan fingerprint density at radius 1 is 1.19 bits per heavy atom. The Morgan fingerprint density at radius 2 is 1.75 bits per heavy atom. The molecule has 1 N–H and O–H groups in total. The summed E-state index contributed by atoms with van der Waals surface area (Å²) in [5.74, 6) is 0.667. The third-order valence-corrected chi connectivity index (χ3v) is 3.01. The molecule has 0 saturated heterocycles. The van der Waals surface area contributed by atoms with Crippen LogP contribution in [-0.4, -0.2) is 12.1 Å². The summed E-state index contributed by atoms with van der Waals surface area (Å²) >= 11 is 3.46. The molecule has 1 rings (SSSR count). The van der Waals surface area contributed by atoms with E-state index in [2.05, 4.69) is 73.2 Å². The van der Waals surface area contributed by atoms with Crippen molar-refractivity contribution in [3.8, 4) is 0 Å². The molecule has 0 bridgehead atoms. The third-order valence-electron chi connectivity index (χ3n) is 2.48. The average molecular weight is 284 g/mol. The van der Waals surface area contributed by atoms with Gasteiger partial charge in [0.25, 0.3) is 0 Å². The highest BCUT2D eigenvalue weighted by Crippen LogP contribution is 2.14. The normalized spacial score (nSPS) is 13.8. The van der Waals surface area contributed by atoms with Crippen LogP contribution < -0.4 is 5.32 Å². The predicted molar refractivity (Wildman–Crippen MR) is 74.8 cm³/mol.